The lowest BCUT2D eigenvalue weighted by atomic mass is 10.0. The van der Waals surface area contributed by atoms with Crippen LogP contribution in [0, 0.1) is 6.92 Å². The average Bonchev–Trinajstić information content (AvgIpc) is 3.16. The number of aryl methyl sites for hydroxylation is 1. The van der Waals surface area contributed by atoms with Crippen LogP contribution in [-0.2, 0) is 0 Å². The van der Waals surface area contributed by atoms with Gasteiger partial charge in [0.1, 0.15) is 5.82 Å². The number of benzene rings is 3. The molecule has 31 heavy (non-hydrogen) atoms. The van der Waals surface area contributed by atoms with E-state index < -0.39 is 0 Å². The van der Waals surface area contributed by atoms with Gasteiger partial charge in [0, 0.05) is 22.9 Å². The van der Waals surface area contributed by atoms with Crippen molar-refractivity contribution in [3.8, 4) is 16.9 Å². The lowest BCUT2D eigenvalue weighted by molar-refractivity contribution is 0.102. The number of anilines is 2. The van der Waals surface area contributed by atoms with Gasteiger partial charge in [-0.2, -0.15) is 5.10 Å². The number of aromatic nitrogens is 2. The minimum Gasteiger partial charge on any atom is -0.384 e. The molecule has 156 valence electrons. The van der Waals surface area contributed by atoms with Crippen LogP contribution in [0.2, 0.25) is 0 Å². The standard InChI is InChI=1S/C26H26N4O/c1-17(2)19-7-11-22(12-8-19)28-26(31)20-9-13-23(14-10-20)30-25(27)16-24(29-30)21-6-4-5-18(3)15-21/h4-17H,27H2,1-3H3,(H,28,31). The zero-order valence-corrected chi connectivity index (χ0v) is 18.0. The summed E-state index contributed by atoms with van der Waals surface area (Å²) in [7, 11) is 0. The maximum absolute atomic E-state index is 12.6. The second kappa shape index (κ2) is 8.48. The monoisotopic (exact) mass is 410 g/mol. The summed E-state index contributed by atoms with van der Waals surface area (Å²) in [6.07, 6.45) is 0. The summed E-state index contributed by atoms with van der Waals surface area (Å²) in [6.45, 7) is 6.34. The maximum atomic E-state index is 12.6. The van der Waals surface area contributed by atoms with Gasteiger partial charge in [-0.05, 0) is 60.9 Å². The number of carbonyl (C=O) groups excluding carboxylic acids is 1. The van der Waals surface area contributed by atoms with Gasteiger partial charge in [0.15, 0.2) is 0 Å². The Labute approximate surface area is 182 Å². The molecular weight excluding hydrogens is 384 g/mol. The summed E-state index contributed by atoms with van der Waals surface area (Å²) < 4.78 is 1.68. The van der Waals surface area contributed by atoms with Crippen LogP contribution in [0.5, 0.6) is 0 Å². The summed E-state index contributed by atoms with van der Waals surface area (Å²) >= 11 is 0. The van der Waals surface area contributed by atoms with E-state index in [0.29, 0.717) is 17.3 Å². The molecule has 0 saturated carbocycles. The number of carbonyl (C=O) groups is 1. The molecule has 3 aromatic carbocycles. The number of nitrogen functional groups attached to an aromatic ring is 1. The maximum Gasteiger partial charge on any atom is 0.255 e. The minimum absolute atomic E-state index is 0.155. The molecule has 5 heteroatoms. The SMILES string of the molecule is Cc1cccc(-c2cc(N)n(-c3ccc(C(=O)Nc4ccc(C(C)C)cc4)cc3)n2)c1. The van der Waals surface area contributed by atoms with E-state index in [1.807, 2.05) is 67.6 Å². The molecule has 1 amide bonds. The highest BCUT2D eigenvalue weighted by molar-refractivity contribution is 6.04. The van der Waals surface area contributed by atoms with Gasteiger partial charge >= 0.3 is 0 Å². The first-order chi connectivity index (χ1) is 14.9. The molecule has 0 radical (unpaired) electrons. The van der Waals surface area contributed by atoms with Crippen molar-refractivity contribution < 1.29 is 4.79 Å². The van der Waals surface area contributed by atoms with Crippen LogP contribution in [0.25, 0.3) is 16.9 Å². The summed E-state index contributed by atoms with van der Waals surface area (Å²) in [4.78, 5) is 12.6. The van der Waals surface area contributed by atoms with Gasteiger partial charge in [0.2, 0.25) is 0 Å². The Morgan fingerprint density at radius 1 is 0.968 bits per heavy atom. The van der Waals surface area contributed by atoms with Crippen LogP contribution in [0.15, 0.2) is 78.9 Å². The summed E-state index contributed by atoms with van der Waals surface area (Å²) in [5.74, 6) is 0.843. The number of rotatable bonds is 5. The van der Waals surface area contributed by atoms with Crippen LogP contribution in [0.1, 0.15) is 41.3 Å². The first-order valence-electron chi connectivity index (χ1n) is 10.3. The molecule has 1 heterocycles. The van der Waals surface area contributed by atoms with Gasteiger partial charge in [0.05, 0.1) is 11.4 Å². The smallest absolute Gasteiger partial charge is 0.255 e. The van der Waals surface area contributed by atoms with E-state index in [2.05, 4.69) is 30.3 Å². The first-order valence-corrected chi connectivity index (χ1v) is 10.3. The molecule has 0 aliphatic rings. The third-order valence-electron chi connectivity index (χ3n) is 5.26. The number of nitrogens with one attached hydrogen (secondary N) is 1. The Kier molecular flexibility index (Phi) is 5.58. The zero-order valence-electron chi connectivity index (χ0n) is 18.0. The highest BCUT2D eigenvalue weighted by atomic mass is 16.1. The highest BCUT2D eigenvalue weighted by Crippen LogP contribution is 2.24. The van der Waals surface area contributed by atoms with Gasteiger partial charge in [-0.1, -0.05) is 49.7 Å². The fraction of sp³-hybridized carbons (Fsp3) is 0.154. The Hall–Kier alpha value is -3.86. The Morgan fingerprint density at radius 3 is 2.32 bits per heavy atom. The normalized spacial score (nSPS) is 11.0. The molecular formula is C26H26N4O. The number of hydrogen-bond donors (Lipinski definition) is 2. The van der Waals surface area contributed by atoms with E-state index in [1.165, 1.54) is 11.1 Å². The number of nitrogens with two attached hydrogens (primary N) is 1. The van der Waals surface area contributed by atoms with Crippen LogP contribution in [-0.4, -0.2) is 15.7 Å². The van der Waals surface area contributed by atoms with Crippen LogP contribution in [0.3, 0.4) is 0 Å². The molecule has 3 N–H and O–H groups in total. The third-order valence-corrected chi connectivity index (χ3v) is 5.26. The van der Waals surface area contributed by atoms with Gasteiger partial charge in [-0.25, -0.2) is 4.68 Å². The van der Waals surface area contributed by atoms with Crippen molar-refractivity contribution in [3.05, 3.63) is 95.6 Å². The molecule has 0 unspecified atom stereocenters. The van der Waals surface area contributed by atoms with Crippen molar-refractivity contribution in [2.24, 2.45) is 0 Å². The fourth-order valence-corrected chi connectivity index (χ4v) is 3.46. The highest BCUT2D eigenvalue weighted by Gasteiger charge is 2.11. The Morgan fingerprint density at radius 2 is 1.68 bits per heavy atom. The van der Waals surface area contributed by atoms with Crippen molar-refractivity contribution in [3.63, 3.8) is 0 Å². The van der Waals surface area contributed by atoms with Crippen molar-refractivity contribution >= 4 is 17.4 Å². The van der Waals surface area contributed by atoms with Crippen LogP contribution in [0.4, 0.5) is 11.5 Å². The molecule has 1 aromatic heterocycles. The fourth-order valence-electron chi connectivity index (χ4n) is 3.46. The third kappa shape index (κ3) is 4.51. The molecule has 0 fully saturated rings. The molecule has 0 bridgehead atoms. The van der Waals surface area contributed by atoms with Gasteiger partial charge in [-0.3, -0.25) is 4.79 Å². The second-order valence-corrected chi connectivity index (χ2v) is 8.01. The van der Waals surface area contributed by atoms with Gasteiger partial charge < -0.3 is 11.1 Å². The largest absolute Gasteiger partial charge is 0.384 e. The van der Waals surface area contributed by atoms with E-state index in [0.717, 1.165) is 22.6 Å². The molecule has 5 nitrogen and oxygen atoms in total. The number of amides is 1. The Balaban J connectivity index is 1.51. The molecule has 0 atom stereocenters. The summed E-state index contributed by atoms with van der Waals surface area (Å²) in [5.41, 5.74) is 12.6. The summed E-state index contributed by atoms with van der Waals surface area (Å²) in [6, 6.07) is 25.2. The number of hydrogen-bond acceptors (Lipinski definition) is 3. The van der Waals surface area contributed by atoms with Crippen LogP contribution >= 0.6 is 0 Å². The van der Waals surface area contributed by atoms with Crippen LogP contribution < -0.4 is 11.1 Å². The minimum atomic E-state index is -0.155. The second-order valence-electron chi connectivity index (χ2n) is 8.01. The van der Waals surface area contributed by atoms with E-state index in [9.17, 15) is 4.79 Å². The van der Waals surface area contributed by atoms with E-state index in [-0.39, 0.29) is 5.91 Å². The van der Waals surface area contributed by atoms with Gasteiger partial charge in [0.25, 0.3) is 5.91 Å². The predicted molar refractivity (Wildman–Crippen MR) is 127 cm³/mol. The van der Waals surface area contributed by atoms with E-state index >= 15 is 0 Å². The quantitative estimate of drug-likeness (QED) is 0.436. The predicted octanol–water partition coefficient (Wildman–Crippen LogP) is 5.81. The van der Waals surface area contributed by atoms with E-state index in [1.54, 1.807) is 16.8 Å². The van der Waals surface area contributed by atoms with E-state index in [4.69, 9.17) is 5.73 Å². The lowest BCUT2D eigenvalue weighted by Gasteiger charge is -2.09. The molecule has 0 saturated heterocycles. The molecule has 0 spiro atoms. The Bertz CT molecular complexity index is 1210. The number of nitrogens with zero attached hydrogens (tertiary/aromatic N) is 2. The van der Waals surface area contributed by atoms with Crippen molar-refractivity contribution in [2.45, 2.75) is 26.7 Å². The van der Waals surface area contributed by atoms with Crippen molar-refractivity contribution in [1.82, 2.24) is 9.78 Å². The molecule has 0 aliphatic carbocycles. The van der Waals surface area contributed by atoms with Crippen molar-refractivity contribution in [1.29, 1.82) is 0 Å². The molecule has 0 aliphatic heterocycles. The summed E-state index contributed by atoms with van der Waals surface area (Å²) in [5, 5.41) is 7.59. The van der Waals surface area contributed by atoms with Crippen molar-refractivity contribution in [2.75, 3.05) is 11.1 Å². The molecule has 4 rings (SSSR count). The molecule has 4 aromatic rings. The van der Waals surface area contributed by atoms with Gasteiger partial charge in [-0.15, -0.1) is 0 Å². The zero-order chi connectivity index (χ0) is 22.0. The first kappa shape index (κ1) is 20.4. The average molecular weight is 411 g/mol. The lowest BCUT2D eigenvalue weighted by Crippen LogP contribution is -2.12. The topological polar surface area (TPSA) is 72.9 Å².